The Morgan fingerprint density at radius 1 is 1.30 bits per heavy atom. The lowest BCUT2D eigenvalue weighted by molar-refractivity contribution is -0.147. The zero-order valence-corrected chi connectivity index (χ0v) is 14.8. The van der Waals surface area contributed by atoms with E-state index < -0.39 is 11.4 Å². The number of carbonyl (C=O) groups is 2. The van der Waals surface area contributed by atoms with Crippen LogP contribution in [0.3, 0.4) is 0 Å². The molecule has 1 unspecified atom stereocenters. The van der Waals surface area contributed by atoms with Crippen molar-refractivity contribution in [2.75, 3.05) is 13.1 Å². The molecule has 2 amide bonds. The minimum atomic E-state index is -0.891. The normalized spacial score (nSPS) is 19.0. The molecule has 1 aliphatic rings. The Morgan fingerprint density at radius 2 is 2.04 bits per heavy atom. The molecule has 0 bridgehead atoms. The van der Waals surface area contributed by atoms with Crippen LogP contribution < -0.4 is 10.1 Å². The van der Waals surface area contributed by atoms with Gasteiger partial charge in [-0.25, -0.2) is 14.2 Å². The molecule has 1 saturated heterocycles. The minimum absolute atomic E-state index is 0.191. The molecular weight excluding hydrogens is 353 g/mol. The van der Waals surface area contributed by atoms with Crippen LogP contribution in [0.4, 0.5) is 9.18 Å². The molecule has 0 aliphatic carbocycles. The molecule has 1 aromatic heterocycles. The van der Waals surface area contributed by atoms with Crippen LogP contribution in [0.1, 0.15) is 18.9 Å². The first kappa shape index (κ1) is 18.6. The number of aliphatic carboxylic acids is 1. The van der Waals surface area contributed by atoms with Gasteiger partial charge in [0.15, 0.2) is 0 Å². The van der Waals surface area contributed by atoms with E-state index in [1.54, 1.807) is 25.3 Å². The van der Waals surface area contributed by atoms with Crippen LogP contribution in [-0.2, 0) is 11.3 Å². The van der Waals surface area contributed by atoms with Gasteiger partial charge in [-0.05, 0) is 43.2 Å². The predicted octanol–water partition coefficient (Wildman–Crippen LogP) is 3.02. The number of carboxylic acid groups (broad SMARTS) is 1. The zero-order chi connectivity index (χ0) is 19.4. The number of nitrogens with one attached hydrogen (secondary N) is 1. The summed E-state index contributed by atoms with van der Waals surface area (Å²) in [6.07, 6.45) is 2.01. The number of benzene rings is 1. The van der Waals surface area contributed by atoms with Gasteiger partial charge in [-0.3, -0.25) is 4.79 Å². The van der Waals surface area contributed by atoms with Gasteiger partial charge >= 0.3 is 12.0 Å². The van der Waals surface area contributed by atoms with E-state index >= 15 is 0 Å². The smallest absolute Gasteiger partial charge is 0.317 e. The van der Waals surface area contributed by atoms with E-state index in [-0.39, 0.29) is 24.9 Å². The summed E-state index contributed by atoms with van der Waals surface area (Å²) in [5, 5.41) is 12.0. The first-order valence-electron chi connectivity index (χ1n) is 8.50. The summed E-state index contributed by atoms with van der Waals surface area (Å²) in [5.41, 5.74) is -0.117. The molecule has 1 fully saturated rings. The Bertz CT molecular complexity index is 826. The van der Waals surface area contributed by atoms with Gasteiger partial charge in [0.25, 0.3) is 0 Å². The molecule has 2 aromatic rings. The molecule has 1 atom stereocenters. The van der Waals surface area contributed by atoms with Gasteiger partial charge in [0.1, 0.15) is 11.6 Å². The maximum absolute atomic E-state index is 12.9. The number of likely N-dealkylation sites (tertiary alicyclic amines) is 1. The van der Waals surface area contributed by atoms with E-state index in [0.29, 0.717) is 24.6 Å². The maximum atomic E-state index is 12.9. The number of halogens is 1. The fraction of sp³-hybridized carbons (Fsp3) is 0.316. The zero-order valence-electron chi connectivity index (χ0n) is 14.8. The third-order valence-corrected chi connectivity index (χ3v) is 4.55. The van der Waals surface area contributed by atoms with Crippen LogP contribution in [-0.4, -0.2) is 40.1 Å². The highest BCUT2D eigenvalue weighted by Crippen LogP contribution is 2.30. The van der Waals surface area contributed by atoms with E-state index in [1.165, 1.54) is 29.2 Å². The standard InChI is InChI=1S/C19H20FN3O4/c1-19(17(24)25)8-9-23(12-19)18(26)22-11-13-2-7-16(21-10-13)27-15-5-3-14(20)4-6-15/h2-7,10H,8-9,11-12H2,1H3,(H,22,26)(H,24,25). The summed E-state index contributed by atoms with van der Waals surface area (Å²) >= 11 is 0. The SMILES string of the molecule is CC1(C(=O)O)CCN(C(=O)NCc2ccc(Oc3ccc(F)cc3)nc2)C1. The first-order valence-corrected chi connectivity index (χ1v) is 8.50. The lowest BCUT2D eigenvalue weighted by atomic mass is 9.90. The molecule has 7 nitrogen and oxygen atoms in total. The van der Waals surface area contributed by atoms with E-state index in [2.05, 4.69) is 10.3 Å². The Kier molecular flexibility index (Phi) is 5.25. The molecule has 0 saturated carbocycles. The Balaban J connectivity index is 1.51. The van der Waals surface area contributed by atoms with E-state index in [1.807, 2.05) is 0 Å². The van der Waals surface area contributed by atoms with Gasteiger partial charge in [0.2, 0.25) is 5.88 Å². The van der Waals surface area contributed by atoms with Gasteiger partial charge in [0, 0.05) is 31.9 Å². The highest BCUT2D eigenvalue weighted by molar-refractivity contribution is 5.79. The number of carboxylic acids is 1. The summed E-state index contributed by atoms with van der Waals surface area (Å²) in [5.74, 6) is -0.407. The quantitative estimate of drug-likeness (QED) is 0.841. The van der Waals surface area contributed by atoms with Crippen molar-refractivity contribution in [3.8, 4) is 11.6 Å². The van der Waals surface area contributed by atoms with E-state index in [0.717, 1.165) is 5.56 Å². The average molecular weight is 373 g/mol. The molecule has 0 spiro atoms. The van der Waals surface area contributed by atoms with Crippen LogP contribution in [0.2, 0.25) is 0 Å². The number of urea groups is 1. The van der Waals surface area contributed by atoms with Crippen LogP contribution in [0, 0.1) is 11.2 Å². The Hall–Kier alpha value is -3.16. The summed E-state index contributed by atoms with van der Waals surface area (Å²) in [4.78, 5) is 29.1. The molecule has 0 radical (unpaired) electrons. The van der Waals surface area contributed by atoms with Crippen molar-refractivity contribution in [3.63, 3.8) is 0 Å². The second-order valence-corrected chi connectivity index (χ2v) is 6.76. The van der Waals surface area contributed by atoms with Crippen molar-refractivity contribution in [1.82, 2.24) is 15.2 Å². The number of ether oxygens (including phenoxy) is 1. The lowest BCUT2D eigenvalue weighted by Gasteiger charge is -2.20. The largest absolute Gasteiger partial charge is 0.481 e. The number of rotatable bonds is 5. The Labute approximate surface area is 155 Å². The fourth-order valence-electron chi connectivity index (χ4n) is 2.80. The molecule has 2 heterocycles. The number of hydrogen-bond acceptors (Lipinski definition) is 4. The van der Waals surface area contributed by atoms with Gasteiger partial charge < -0.3 is 20.1 Å². The lowest BCUT2D eigenvalue weighted by Crippen LogP contribution is -2.40. The van der Waals surface area contributed by atoms with Crippen molar-refractivity contribution in [1.29, 1.82) is 0 Å². The number of carbonyl (C=O) groups excluding carboxylic acids is 1. The van der Waals surface area contributed by atoms with Crippen molar-refractivity contribution in [2.45, 2.75) is 19.9 Å². The van der Waals surface area contributed by atoms with Gasteiger partial charge in [0.05, 0.1) is 5.41 Å². The fourth-order valence-corrected chi connectivity index (χ4v) is 2.80. The second-order valence-electron chi connectivity index (χ2n) is 6.76. The van der Waals surface area contributed by atoms with Gasteiger partial charge in [-0.15, -0.1) is 0 Å². The summed E-state index contributed by atoms with van der Waals surface area (Å²) < 4.78 is 18.4. The average Bonchev–Trinajstić information content (AvgIpc) is 3.07. The first-order chi connectivity index (χ1) is 12.9. The molecule has 1 aromatic carbocycles. The molecular formula is C19H20FN3O4. The molecule has 1 aliphatic heterocycles. The molecule has 142 valence electrons. The van der Waals surface area contributed by atoms with Crippen LogP contribution in [0.5, 0.6) is 11.6 Å². The third-order valence-electron chi connectivity index (χ3n) is 4.55. The monoisotopic (exact) mass is 373 g/mol. The summed E-state index contributed by atoms with van der Waals surface area (Å²) in [6, 6.07) is 8.73. The summed E-state index contributed by atoms with van der Waals surface area (Å²) in [7, 11) is 0. The van der Waals surface area contributed by atoms with Crippen molar-refractivity contribution < 1.29 is 23.8 Å². The molecule has 2 N–H and O–H groups in total. The van der Waals surface area contributed by atoms with Crippen molar-refractivity contribution in [3.05, 3.63) is 54.0 Å². The number of hydrogen-bond donors (Lipinski definition) is 2. The number of amides is 2. The number of aromatic nitrogens is 1. The molecule has 8 heteroatoms. The Morgan fingerprint density at radius 3 is 2.63 bits per heavy atom. The maximum Gasteiger partial charge on any atom is 0.317 e. The van der Waals surface area contributed by atoms with Crippen LogP contribution in [0.15, 0.2) is 42.6 Å². The second kappa shape index (κ2) is 7.61. The van der Waals surface area contributed by atoms with E-state index in [4.69, 9.17) is 4.74 Å². The van der Waals surface area contributed by atoms with Gasteiger partial charge in [-0.2, -0.15) is 0 Å². The van der Waals surface area contributed by atoms with Crippen molar-refractivity contribution in [2.24, 2.45) is 5.41 Å². The van der Waals surface area contributed by atoms with Crippen molar-refractivity contribution >= 4 is 12.0 Å². The predicted molar refractivity (Wildman–Crippen MR) is 94.9 cm³/mol. The van der Waals surface area contributed by atoms with Crippen LogP contribution in [0.25, 0.3) is 0 Å². The molecule has 3 rings (SSSR count). The minimum Gasteiger partial charge on any atom is -0.481 e. The van der Waals surface area contributed by atoms with Gasteiger partial charge in [-0.1, -0.05) is 6.07 Å². The van der Waals surface area contributed by atoms with Crippen LogP contribution >= 0.6 is 0 Å². The number of pyridine rings is 1. The highest BCUT2D eigenvalue weighted by Gasteiger charge is 2.42. The highest BCUT2D eigenvalue weighted by atomic mass is 19.1. The topological polar surface area (TPSA) is 91.8 Å². The number of nitrogens with zero attached hydrogens (tertiary/aromatic N) is 2. The summed E-state index contributed by atoms with van der Waals surface area (Å²) in [6.45, 7) is 2.52. The van der Waals surface area contributed by atoms with E-state index in [9.17, 15) is 19.1 Å². The third kappa shape index (κ3) is 4.52. The molecule has 27 heavy (non-hydrogen) atoms.